The molecule has 0 spiro atoms. The first-order chi connectivity index (χ1) is 7.85. The Morgan fingerprint density at radius 2 is 2.19 bits per heavy atom. The van der Waals surface area contributed by atoms with E-state index in [4.69, 9.17) is 14.9 Å². The van der Waals surface area contributed by atoms with E-state index in [-0.39, 0.29) is 5.41 Å². The SMILES string of the molecule is NCC1(CNCc2ccoc2)CCOCC1. The molecule has 1 saturated heterocycles. The largest absolute Gasteiger partial charge is 0.472 e. The lowest BCUT2D eigenvalue weighted by atomic mass is 9.80. The zero-order valence-electron chi connectivity index (χ0n) is 9.58. The molecule has 0 aliphatic carbocycles. The molecule has 1 aromatic heterocycles. The Morgan fingerprint density at radius 1 is 1.38 bits per heavy atom. The minimum Gasteiger partial charge on any atom is -0.472 e. The minimum absolute atomic E-state index is 0.224. The van der Waals surface area contributed by atoms with Crippen LogP contribution in [0.4, 0.5) is 0 Å². The van der Waals surface area contributed by atoms with E-state index in [0.717, 1.165) is 45.7 Å². The standard InChI is InChI=1S/C12H20N2O2/c13-9-12(2-5-15-6-3-12)10-14-7-11-1-4-16-8-11/h1,4,8,14H,2-3,5-7,9-10,13H2. The van der Waals surface area contributed by atoms with Crippen LogP contribution in [-0.2, 0) is 11.3 Å². The van der Waals surface area contributed by atoms with Gasteiger partial charge in [0, 0.05) is 31.9 Å². The van der Waals surface area contributed by atoms with Gasteiger partial charge in [-0.3, -0.25) is 0 Å². The second kappa shape index (κ2) is 5.48. The summed E-state index contributed by atoms with van der Waals surface area (Å²) in [6, 6.07) is 1.98. The van der Waals surface area contributed by atoms with Crippen molar-refractivity contribution in [3.05, 3.63) is 24.2 Å². The van der Waals surface area contributed by atoms with Crippen molar-refractivity contribution in [2.75, 3.05) is 26.3 Å². The van der Waals surface area contributed by atoms with E-state index in [1.54, 1.807) is 12.5 Å². The second-order valence-corrected chi connectivity index (χ2v) is 4.55. The van der Waals surface area contributed by atoms with Crippen LogP contribution in [0.15, 0.2) is 23.0 Å². The molecule has 0 unspecified atom stereocenters. The summed E-state index contributed by atoms with van der Waals surface area (Å²) in [7, 11) is 0. The average molecular weight is 224 g/mol. The van der Waals surface area contributed by atoms with Crippen LogP contribution in [0.3, 0.4) is 0 Å². The van der Waals surface area contributed by atoms with E-state index in [9.17, 15) is 0 Å². The lowest BCUT2D eigenvalue weighted by Crippen LogP contribution is -2.44. The Labute approximate surface area is 96.1 Å². The van der Waals surface area contributed by atoms with Gasteiger partial charge in [0.1, 0.15) is 0 Å². The fourth-order valence-corrected chi connectivity index (χ4v) is 2.12. The first-order valence-corrected chi connectivity index (χ1v) is 5.84. The summed E-state index contributed by atoms with van der Waals surface area (Å²) in [4.78, 5) is 0. The van der Waals surface area contributed by atoms with Gasteiger partial charge in [0.15, 0.2) is 0 Å². The quantitative estimate of drug-likeness (QED) is 0.787. The third kappa shape index (κ3) is 2.84. The van der Waals surface area contributed by atoms with Crippen molar-refractivity contribution in [2.24, 2.45) is 11.1 Å². The van der Waals surface area contributed by atoms with Crippen LogP contribution in [0.5, 0.6) is 0 Å². The predicted molar refractivity (Wildman–Crippen MR) is 62.0 cm³/mol. The molecule has 2 heterocycles. The number of nitrogens with two attached hydrogens (primary N) is 1. The molecule has 0 aromatic carbocycles. The van der Waals surface area contributed by atoms with Gasteiger partial charge < -0.3 is 20.2 Å². The number of nitrogens with one attached hydrogen (secondary N) is 1. The molecule has 90 valence electrons. The molecule has 4 nitrogen and oxygen atoms in total. The fraction of sp³-hybridized carbons (Fsp3) is 0.667. The number of rotatable bonds is 5. The number of ether oxygens (including phenoxy) is 1. The Morgan fingerprint density at radius 3 is 2.81 bits per heavy atom. The van der Waals surface area contributed by atoms with Gasteiger partial charge in [0.25, 0.3) is 0 Å². The zero-order chi connectivity index (χ0) is 11.3. The van der Waals surface area contributed by atoms with Crippen LogP contribution in [0.2, 0.25) is 0 Å². The lowest BCUT2D eigenvalue weighted by Gasteiger charge is -2.36. The zero-order valence-corrected chi connectivity index (χ0v) is 9.58. The van der Waals surface area contributed by atoms with Gasteiger partial charge in [-0.2, -0.15) is 0 Å². The minimum atomic E-state index is 0.224. The van der Waals surface area contributed by atoms with Crippen molar-refractivity contribution >= 4 is 0 Å². The van der Waals surface area contributed by atoms with Gasteiger partial charge in [0.05, 0.1) is 12.5 Å². The maximum Gasteiger partial charge on any atom is 0.0947 e. The molecule has 0 saturated carbocycles. The molecular weight excluding hydrogens is 204 g/mol. The van der Waals surface area contributed by atoms with Gasteiger partial charge in [-0.1, -0.05) is 0 Å². The van der Waals surface area contributed by atoms with Crippen LogP contribution in [-0.4, -0.2) is 26.3 Å². The molecular formula is C12H20N2O2. The van der Waals surface area contributed by atoms with Gasteiger partial charge >= 0.3 is 0 Å². The third-order valence-electron chi connectivity index (χ3n) is 3.40. The normalized spacial score (nSPS) is 19.8. The van der Waals surface area contributed by atoms with Crippen molar-refractivity contribution < 1.29 is 9.15 Å². The van der Waals surface area contributed by atoms with Crippen LogP contribution in [0.1, 0.15) is 18.4 Å². The number of hydrogen-bond acceptors (Lipinski definition) is 4. The van der Waals surface area contributed by atoms with E-state index in [0.29, 0.717) is 0 Å². The first-order valence-electron chi connectivity index (χ1n) is 5.84. The molecule has 16 heavy (non-hydrogen) atoms. The molecule has 0 bridgehead atoms. The van der Waals surface area contributed by atoms with Crippen molar-refractivity contribution in [3.63, 3.8) is 0 Å². The first kappa shape index (κ1) is 11.6. The summed E-state index contributed by atoms with van der Waals surface area (Å²) < 4.78 is 10.4. The smallest absolute Gasteiger partial charge is 0.0947 e. The monoisotopic (exact) mass is 224 g/mol. The van der Waals surface area contributed by atoms with E-state index >= 15 is 0 Å². The highest BCUT2D eigenvalue weighted by atomic mass is 16.5. The van der Waals surface area contributed by atoms with Gasteiger partial charge in [-0.05, 0) is 30.9 Å². The third-order valence-corrected chi connectivity index (χ3v) is 3.40. The van der Waals surface area contributed by atoms with Gasteiger partial charge in [-0.25, -0.2) is 0 Å². The maximum atomic E-state index is 5.88. The van der Waals surface area contributed by atoms with E-state index in [1.807, 2.05) is 6.07 Å². The maximum absolute atomic E-state index is 5.88. The Hall–Kier alpha value is -0.840. The second-order valence-electron chi connectivity index (χ2n) is 4.55. The fourth-order valence-electron chi connectivity index (χ4n) is 2.12. The van der Waals surface area contributed by atoms with Crippen LogP contribution < -0.4 is 11.1 Å². The Balaban J connectivity index is 1.78. The summed E-state index contributed by atoms with van der Waals surface area (Å²) in [6.07, 6.45) is 5.58. The van der Waals surface area contributed by atoms with E-state index < -0.39 is 0 Å². The summed E-state index contributed by atoms with van der Waals surface area (Å²) in [6.45, 7) is 4.21. The Bertz CT molecular complexity index is 292. The summed E-state index contributed by atoms with van der Waals surface area (Å²) in [5, 5.41) is 3.45. The molecule has 3 N–H and O–H groups in total. The van der Waals surface area contributed by atoms with Gasteiger partial charge in [0.2, 0.25) is 0 Å². The predicted octanol–water partition coefficient (Wildman–Crippen LogP) is 1.12. The van der Waals surface area contributed by atoms with Gasteiger partial charge in [-0.15, -0.1) is 0 Å². The number of furan rings is 1. The Kier molecular flexibility index (Phi) is 3.98. The molecule has 4 heteroatoms. The molecule has 1 aliphatic rings. The van der Waals surface area contributed by atoms with Crippen molar-refractivity contribution in [1.29, 1.82) is 0 Å². The molecule has 1 aromatic rings. The topological polar surface area (TPSA) is 60.4 Å². The lowest BCUT2D eigenvalue weighted by molar-refractivity contribution is 0.0191. The van der Waals surface area contributed by atoms with E-state index in [2.05, 4.69) is 5.32 Å². The molecule has 0 radical (unpaired) electrons. The van der Waals surface area contributed by atoms with Crippen molar-refractivity contribution in [3.8, 4) is 0 Å². The summed E-state index contributed by atoms with van der Waals surface area (Å²) >= 11 is 0. The molecule has 2 rings (SSSR count). The van der Waals surface area contributed by atoms with Crippen molar-refractivity contribution in [1.82, 2.24) is 5.32 Å². The van der Waals surface area contributed by atoms with Crippen LogP contribution in [0, 0.1) is 5.41 Å². The molecule has 1 aliphatic heterocycles. The van der Waals surface area contributed by atoms with Crippen LogP contribution in [0.25, 0.3) is 0 Å². The highest BCUT2D eigenvalue weighted by Gasteiger charge is 2.30. The molecule has 0 atom stereocenters. The highest BCUT2D eigenvalue weighted by molar-refractivity contribution is 5.04. The number of hydrogen-bond donors (Lipinski definition) is 2. The summed E-state index contributed by atoms with van der Waals surface area (Å²) in [5.41, 5.74) is 7.29. The van der Waals surface area contributed by atoms with Crippen molar-refractivity contribution in [2.45, 2.75) is 19.4 Å². The van der Waals surface area contributed by atoms with E-state index in [1.165, 1.54) is 5.56 Å². The summed E-state index contributed by atoms with van der Waals surface area (Å²) in [5.74, 6) is 0. The van der Waals surface area contributed by atoms with Crippen LogP contribution >= 0.6 is 0 Å². The molecule has 1 fully saturated rings. The molecule has 0 amide bonds. The average Bonchev–Trinajstić information content (AvgIpc) is 2.83. The highest BCUT2D eigenvalue weighted by Crippen LogP contribution is 2.28.